The smallest absolute Gasteiger partial charge is 0.243 e. The maximum absolute atomic E-state index is 12.8. The molecule has 1 aliphatic rings. The number of rotatable bonds is 3. The number of nitrogens with zero attached hydrogens (tertiary/aromatic N) is 1. The summed E-state index contributed by atoms with van der Waals surface area (Å²) in [4.78, 5) is 0.433. The Hall–Kier alpha value is -0.910. The van der Waals surface area contributed by atoms with Crippen molar-refractivity contribution in [2.24, 2.45) is 17.6 Å². The molecule has 0 amide bonds. The quantitative estimate of drug-likeness (QED) is 0.926. The van der Waals surface area contributed by atoms with Crippen molar-refractivity contribution in [3.05, 3.63) is 29.3 Å². The number of hydrogen-bond acceptors (Lipinski definition) is 3. The number of aryl methyl sites for hydroxylation is 2. The lowest BCUT2D eigenvalue weighted by Crippen LogP contribution is -2.45. The predicted molar refractivity (Wildman–Crippen MR) is 81.0 cm³/mol. The summed E-state index contributed by atoms with van der Waals surface area (Å²) in [6.45, 7) is 7.58. The van der Waals surface area contributed by atoms with Gasteiger partial charge in [-0.25, -0.2) is 8.42 Å². The largest absolute Gasteiger partial charge is 0.330 e. The fraction of sp³-hybridized carbons (Fsp3) is 0.600. The highest BCUT2D eigenvalue weighted by molar-refractivity contribution is 7.89. The van der Waals surface area contributed by atoms with Crippen molar-refractivity contribution in [2.75, 3.05) is 19.6 Å². The van der Waals surface area contributed by atoms with Gasteiger partial charge in [0.25, 0.3) is 0 Å². The van der Waals surface area contributed by atoms with Gasteiger partial charge in [-0.05, 0) is 55.8 Å². The number of piperidine rings is 1. The lowest BCUT2D eigenvalue weighted by Gasteiger charge is -2.36. The Morgan fingerprint density at radius 2 is 2.05 bits per heavy atom. The van der Waals surface area contributed by atoms with E-state index in [4.69, 9.17) is 5.73 Å². The summed E-state index contributed by atoms with van der Waals surface area (Å²) in [6, 6.07) is 5.57. The maximum atomic E-state index is 12.8. The zero-order chi connectivity index (χ0) is 14.9. The van der Waals surface area contributed by atoms with Gasteiger partial charge < -0.3 is 5.73 Å². The van der Waals surface area contributed by atoms with Crippen LogP contribution in [-0.2, 0) is 10.0 Å². The van der Waals surface area contributed by atoms with E-state index >= 15 is 0 Å². The monoisotopic (exact) mass is 296 g/mol. The van der Waals surface area contributed by atoms with E-state index in [1.807, 2.05) is 26.0 Å². The van der Waals surface area contributed by atoms with Crippen molar-refractivity contribution in [3.8, 4) is 0 Å². The minimum atomic E-state index is -3.40. The van der Waals surface area contributed by atoms with Crippen molar-refractivity contribution in [3.63, 3.8) is 0 Å². The second kappa shape index (κ2) is 5.84. The first-order valence-electron chi connectivity index (χ1n) is 7.13. The molecule has 2 unspecified atom stereocenters. The van der Waals surface area contributed by atoms with Crippen LogP contribution < -0.4 is 5.73 Å². The molecule has 0 aliphatic carbocycles. The average molecular weight is 296 g/mol. The molecule has 0 spiro atoms. The van der Waals surface area contributed by atoms with Crippen molar-refractivity contribution >= 4 is 10.0 Å². The summed E-state index contributed by atoms with van der Waals surface area (Å²) in [6.07, 6.45) is 0.881. The highest BCUT2D eigenvalue weighted by atomic mass is 32.2. The van der Waals surface area contributed by atoms with Crippen molar-refractivity contribution < 1.29 is 8.42 Å². The van der Waals surface area contributed by atoms with Gasteiger partial charge in [-0.15, -0.1) is 0 Å². The molecule has 5 heteroatoms. The van der Waals surface area contributed by atoms with Crippen LogP contribution in [0.5, 0.6) is 0 Å². The summed E-state index contributed by atoms with van der Waals surface area (Å²) < 4.78 is 27.2. The van der Waals surface area contributed by atoms with Crippen LogP contribution in [0.25, 0.3) is 0 Å². The van der Waals surface area contributed by atoms with Crippen molar-refractivity contribution in [2.45, 2.75) is 32.1 Å². The van der Waals surface area contributed by atoms with Crippen LogP contribution >= 0.6 is 0 Å². The van der Waals surface area contributed by atoms with Crippen LogP contribution in [-0.4, -0.2) is 32.4 Å². The summed E-state index contributed by atoms with van der Waals surface area (Å²) in [5.74, 6) is 0.744. The summed E-state index contributed by atoms with van der Waals surface area (Å²) in [5.41, 5.74) is 7.54. The standard InChI is InChI=1S/C15H24N2O2S/c1-11-4-5-13(3)15(8-11)20(18,19)17-7-6-12(2)14(9-16)10-17/h4-5,8,12,14H,6-7,9-10,16H2,1-3H3. The first kappa shape index (κ1) is 15.5. The molecular formula is C15H24N2O2S. The minimum absolute atomic E-state index is 0.253. The SMILES string of the molecule is Cc1ccc(C)c(S(=O)(=O)N2CCC(C)C(CN)C2)c1. The van der Waals surface area contributed by atoms with Gasteiger partial charge in [0.2, 0.25) is 10.0 Å². The molecule has 1 aliphatic heterocycles. The Bertz CT molecular complexity index is 584. The zero-order valence-corrected chi connectivity index (χ0v) is 13.3. The van der Waals surface area contributed by atoms with E-state index in [0.717, 1.165) is 17.5 Å². The molecule has 0 radical (unpaired) electrons. The van der Waals surface area contributed by atoms with Crippen molar-refractivity contribution in [1.82, 2.24) is 4.31 Å². The second-order valence-electron chi connectivity index (χ2n) is 5.89. The van der Waals surface area contributed by atoms with Crippen LogP contribution in [0.3, 0.4) is 0 Å². The molecule has 1 aromatic carbocycles. The normalized spacial score (nSPS) is 24.8. The van der Waals surface area contributed by atoms with Gasteiger partial charge in [0, 0.05) is 13.1 Å². The zero-order valence-electron chi connectivity index (χ0n) is 12.5. The lowest BCUT2D eigenvalue weighted by molar-refractivity contribution is 0.203. The number of benzene rings is 1. The van der Waals surface area contributed by atoms with Gasteiger partial charge in [-0.2, -0.15) is 4.31 Å². The second-order valence-corrected chi connectivity index (χ2v) is 7.80. The van der Waals surface area contributed by atoms with Crippen LogP contribution in [0.2, 0.25) is 0 Å². The van der Waals surface area contributed by atoms with E-state index in [2.05, 4.69) is 6.92 Å². The molecule has 2 N–H and O–H groups in total. The van der Waals surface area contributed by atoms with E-state index < -0.39 is 10.0 Å². The number of sulfonamides is 1. The molecule has 4 nitrogen and oxygen atoms in total. The minimum Gasteiger partial charge on any atom is -0.330 e. The maximum Gasteiger partial charge on any atom is 0.243 e. The number of hydrogen-bond donors (Lipinski definition) is 1. The predicted octanol–water partition coefficient (Wildman–Crippen LogP) is 1.91. The Labute approximate surface area is 122 Å². The first-order valence-corrected chi connectivity index (χ1v) is 8.57. The summed E-state index contributed by atoms with van der Waals surface area (Å²) in [5, 5.41) is 0. The average Bonchev–Trinajstić information content (AvgIpc) is 2.41. The Morgan fingerprint density at radius 1 is 1.35 bits per heavy atom. The van der Waals surface area contributed by atoms with Gasteiger partial charge in [0.05, 0.1) is 4.90 Å². The number of nitrogens with two attached hydrogens (primary N) is 1. The van der Waals surface area contributed by atoms with E-state index in [-0.39, 0.29) is 5.92 Å². The molecule has 1 aromatic rings. The molecule has 0 bridgehead atoms. The Morgan fingerprint density at radius 3 is 2.70 bits per heavy atom. The highest BCUT2D eigenvalue weighted by Gasteiger charge is 2.33. The molecule has 1 fully saturated rings. The molecular weight excluding hydrogens is 272 g/mol. The fourth-order valence-corrected chi connectivity index (χ4v) is 4.59. The van der Waals surface area contributed by atoms with Gasteiger partial charge in [0.1, 0.15) is 0 Å². The Kier molecular flexibility index (Phi) is 4.52. The topological polar surface area (TPSA) is 63.4 Å². The Balaban J connectivity index is 2.33. The molecule has 2 atom stereocenters. The van der Waals surface area contributed by atoms with Crippen LogP contribution in [0.1, 0.15) is 24.5 Å². The van der Waals surface area contributed by atoms with Gasteiger partial charge >= 0.3 is 0 Å². The third-order valence-electron chi connectivity index (χ3n) is 4.34. The van der Waals surface area contributed by atoms with Gasteiger partial charge in [-0.3, -0.25) is 0 Å². The van der Waals surface area contributed by atoms with E-state index in [1.165, 1.54) is 0 Å². The van der Waals surface area contributed by atoms with E-state index in [9.17, 15) is 8.42 Å². The van der Waals surface area contributed by atoms with E-state index in [0.29, 0.717) is 30.4 Å². The molecule has 1 saturated heterocycles. The molecule has 2 rings (SSSR count). The molecule has 0 aromatic heterocycles. The van der Waals surface area contributed by atoms with E-state index in [1.54, 1.807) is 10.4 Å². The third-order valence-corrected chi connectivity index (χ3v) is 6.35. The van der Waals surface area contributed by atoms with Gasteiger partial charge in [-0.1, -0.05) is 19.1 Å². The molecule has 20 heavy (non-hydrogen) atoms. The van der Waals surface area contributed by atoms with Crippen molar-refractivity contribution in [1.29, 1.82) is 0 Å². The lowest BCUT2D eigenvalue weighted by atomic mass is 9.88. The fourth-order valence-electron chi connectivity index (χ4n) is 2.77. The summed E-state index contributed by atoms with van der Waals surface area (Å²) >= 11 is 0. The third kappa shape index (κ3) is 2.90. The summed E-state index contributed by atoms with van der Waals surface area (Å²) in [7, 11) is -3.40. The molecule has 1 heterocycles. The highest BCUT2D eigenvalue weighted by Crippen LogP contribution is 2.28. The van der Waals surface area contributed by atoms with Crippen LogP contribution in [0.4, 0.5) is 0 Å². The van der Waals surface area contributed by atoms with Crippen LogP contribution in [0, 0.1) is 25.7 Å². The van der Waals surface area contributed by atoms with Gasteiger partial charge in [0.15, 0.2) is 0 Å². The molecule has 0 saturated carbocycles. The molecule has 112 valence electrons. The van der Waals surface area contributed by atoms with Crippen LogP contribution in [0.15, 0.2) is 23.1 Å². The first-order chi connectivity index (χ1) is 9.36.